The number of anilines is 1. The molecule has 1 fully saturated rings. The van der Waals surface area contributed by atoms with Crippen molar-refractivity contribution < 1.29 is 9.53 Å². The number of nitrogens with one attached hydrogen (secondary N) is 1. The molecule has 1 amide bonds. The maximum atomic E-state index is 12.5. The maximum Gasteiger partial charge on any atom is 0.239 e. The van der Waals surface area contributed by atoms with E-state index in [1.54, 1.807) is 6.20 Å². The summed E-state index contributed by atoms with van der Waals surface area (Å²) >= 11 is 0. The molecule has 142 valence electrons. The topological polar surface area (TPSA) is 80.2 Å². The van der Waals surface area contributed by atoms with Crippen molar-refractivity contribution in [3.05, 3.63) is 35.7 Å². The average molecular weight is 367 g/mol. The molecule has 0 radical (unpaired) electrons. The number of likely N-dealkylation sites (N-methyl/N-ethyl adjacent to an activating group) is 1. The minimum absolute atomic E-state index is 0.00209. The highest BCUT2D eigenvalue weighted by Crippen LogP contribution is 2.30. The summed E-state index contributed by atoms with van der Waals surface area (Å²) in [4.78, 5) is 28.3. The summed E-state index contributed by atoms with van der Waals surface area (Å²) in [7, 11) is 1.92. The Labute approximate surface area is 159 Å². The second kappa shape index (κ2) is 8.00. The van der Waals surface area contributed by atoms with Crippen molar-refractivity contribution in [2.75, 3.05) is 31.7 Å². The van der Waals surface area contributed by atoms with Gasteiger partial charge in [0.1, 0.15) is 11.5 Å². The van der Waals surface area contributed by atoms with Crippen molar-refractivity contribution in [1.82, 2.24) is 20.3 Å². The van der Waals surface area contributed by atoms with Gasteiger partial charge in [-0.1, -0.05) is 6.07 Å². The second-order valence-corrected chi connectivity index (χ2v) is 7.20. The Morgan fingerprint density at radius 3 is 3.00 bits per heavy atom. The fourth-order valence-electron chi connectivity index (χ4n) is 3.76. The van der Waals surface area contributed by atoms with E-state index in [4.69, 9.17) is 14.7 Å². The number of nitrogens with zero attached hydrogens (tertiary/aromatic N) is 4. The smallest absolute Gasteiger partial charge is 0.239 e. The van der Waals surface area contributed by atoms with Crippen molar-refractivity contribution in [3.8, 4) is 11.5 Å². The summed E-state index contributed by atoms with van der Waals surface area (Å²) in [6, 6.07) is 5.83. The van der Waals surface area contributed by atoms with Crippen LogP contribution in [0.5, 0.6) is 0 Å². The van der Waals surface area contributed by atoms with Crippen molar-refractivity contribution in [1.29, 1.82) is 0 Å². The Balaban J connectivity index is 1.53. The van der Waals surface area contributed by atoms with E-state index in [0.717, 1.165) is 61.5 Å². The quantitative estimate of drug-likeness (QED) is 0.867. The van der Waals surface area contributed by atoms with E-state index in [-0.39, 0.29) is 18.5 Å². The zero-order valence-corrected chi connectivity index (χ0v) is 15.6. The molecule has 1 aliphatic heterocycles. The lowest BCUT2D eigenvalue weighted by Crippen LogP contribution is -2.45. The van der Waals surface area contributed by atoms with Crippen LogP contribution in [-0.4, -0.2) is 53.7 Å². The van der Waals surface area contributed by atoms with Gasteiger partial charge in [-0.2, -0.15) is 0 Å². The number of fused-ring (bicyclic) bond motifs is 1. The molecule has 7 heteroatoms. The zero-order valence-electron chi connectivity index (χ0n) is 15.6. The minimum Gasteiger partial charge on any atom is -0.379 e. The third-order valence-electron chi connectivity index (χ3n) is 5.07. The van der Waals surface area contributed by atoms with Crippen LogP contribution >= 0.6 is 0 Å². The standard InChI is InChI=1S/C20H25N5O2/c1-25(12-18(26)22-14-6-5-11-27-13-14)20-15-7-4-9-16(15)23-19(24-20)17-8-2-3-10-21-17/h2-3,8,10,14H,4-7,9,11-13H2,1H3,(H,22,26). The highest BCUT2D eigenvalue weighted by atomic mass is 16.5. The predicted molar refractivity (Wildman–Crippen MR) is 103 cm³/mol. The number of ether oxygens (including phenoxy) is 1. The van der Waals surface area contributed by atoms with E-state index in [9.17, 15) is 4.79 Å². The van der Waals surface area contributed by atoms with Crippen LogP contribution < -0.4 is 10.2 Å². The van der Waals surface area contributed by atoms with E-state index in [1.807, 2.05) is 30.1 Å². The van der Waals surface area contributed by atoms with Gasteiger partial charge in [0.05, 0.1) is 19.2 Å². The highest BCUT2D eigenvalue weighted by Gasteiger charge is 2.24. The molecular formula is C20H25N5O2. The molecule has 3 heterocycles. The molecule has 7 nitrogen and oxygen atoms in total. The minimum atomic E-state index is -0.00209. The van der Waals surface area contributed by atoms with E-state index in [2.05, 4.69) is 10.3 Å². The number of pyridine rings is 1. The van der Waals surface area contributed by atoms with Gasteiger partial charge in [-0.05, 0) is 44.2 Å². The first kappa shape index (κ1) is 17.9. The van der Waals surface area contributed by atoms with Gasteiger partial charge >= 0.3 is 0 Å². The Hall–Kier alpha value is -2.54. The third-order valence-corrected chi connectivity index (χ3v) is 5.07. The molecule has 2 aromatic heterocycles. The number of aryl methyl sites for hydroxylation is 1. The molecule has 27 heavy (non-hydrogen) atoms. The lowest BCUT2D eigenvalue weighted by molar-refractivity contribution is -0.121. The monoisotopic (exact) mass is 367 g/mol. The zero-order chi connectivity index (χ0) is 18.6. The summed E-state index contributed by atoms with van der Waals surface area (Å²) < 4.78 is 5.44. The lowest BCUT2D eigenvalue weighted by atomic mass is 10.1. The van der Waals surface area contributed by atoms with Crippen LogP contribution in [0.15, 0.2) is 24.4 Å². The Kier molecular flexibility index (Phi) is 5.29. The highest BCUT2D eigenvalue weighted by molar-refractivity contribution is 5.81. The van der Waals surface area contributed by atoms with Crippen molar-refractivity contribution >= 4 is 11.7 Å². The molecule has 4 rings (SSSR count). The molecular weight excluding hydrogens is 342 g/mol. The summed E-state index contributed by atoms with van der Waals surface area (Å²) in [6.07, 6.45) is 6.69. The fraction of sp³-hybridized carbons (Fsp3) is 0.500. The Morgan fingerprint density at radius 2 is 2.22 bits per heavy atom. The molecule has 0 spiro atoms. The molecule has 1 aliphatic carbocycles. The number of carbonyl (C=O) groups excluding carboxylic acids is 1. The van der Waals surface area contributed by atoms with Crippen molar-refractivity contribution in [3.63, 3.8) is 0 Å². The van der Waals surface area contributed by atoms with Crippen LogP contribution in [0, 0.1) is 0 Å². The Bertz CT molecular complexity index is 806. The van der Waals surface area contributed by atoms with Crippen LogP contribution in [-0.2, 0) is 22.4 Å². The summed E-state index contributed by atoms with van der Waals surface area (Å²) in [6.45, 7) is 1.65. The molecule has 1 saturated heterocycles. The van der Waals surface area contributed by atoms with Crippen LogP contribution in [0.25, 0.3) is 11.5 Å². The maximum absolute atomic E-state index is 12.5. The van der Waals surface area contributed by atoms with Gasteiger partial charge in [0, 0.05) is 31.1 Å². The molecule has 1 unspecified atom stereocenters. The lowest BCUT2D eigenvalue weighted by Gasteiger charge is -2.25. The number of carbonyl (C=O) groups is 1. The van der Waals surface area contributed by atoms with Gasteiger partial charge in [0.25, 0.3) is 0 Å². The first-order valence-corrected chi connectivity index (χ1v) is 9.60. The van der Waals surface area contributed by atoms with Gasteiger partial charge in [-0.25, -0.2) is 9.97 Å². The SMILES string of the molecule is CN(CC(=O)NC1CCCOC1)c1nc(-c2ccccn2)nc2c1CCC2. The summed E-state index contributed by atoms with van der Waals surface area (Å²) in [5, 5.41) is 3.07. The van der Waals surface area contributed by atoms with E-state index >= 15 is 0 Å². The number of hydrogen-bond donors (Lipinski definition) is 1. The van der Waals surface area contributed by atoms with Crippen molar-refractivity contribution in [2.24, 2.45) is 0 Å². The molecule has 1 atom stereocenters. The number of rotatable bonds is 5. The molecule has 1 N–H and O–H groups in total. The van der Waals surface area contributed by atoms with Crippen molar-refractivity contribution in [2.45, 2.75) is 38.1 Å². The van der Waals surface area contributed by atoms with Crippen LogP contribution in [0.3, 0.4) is 0 Å². The molecule has 0 saturated carbocycles. The van der Waals surface area contributed by atoms with Crippen LogP contribution in [0.1, 0.15) is 30.5 Å². The van der Waals surface area contributed by atoms with Gasteiger partial charge in [-0.15, -0.1) is 0 Å². The fourth-order valence-corrected chi connectivity index (χ4v) is 3.76. The summed E-state index contributed by atoms with van der Waals surface area (Å²) in [5.74, 6) is 1.46. The van der Waals surface area contributed by atoms with E-state index in [0.29, 0.717) is 12.4 Å². The van der Waals surface area contributed by atoms with E-state index < -0.39 is 0 Å². The molecule has 2 aromatic rings. The predicted octanol–water partition coefficient (Wildman–Crippen LogP) is 1.76. The van der Waals surface area contributed by atoms with Crippen LogP contribution in [0.2, 0.25) is 0 Å². The van der Waals surface area contributed by atoms with Gasteiger partial charge < -0.3 is 15.0 Å². The van der Waals surface area contributed by atoms with Gasteiger partial charge in [-0.3, -0.25) is 9.78 Å². The first-order chi connectivity index (χ1) is 13.2. The summed E-state index contributed by atoms with van der Waals surface area (Å²) in [5.41, 5.74) is 2.99. The average Bonchev–Trinajstić information content (AvgIpc) is 3.17. The second-order valence-electron chi connectivity index (χ2n) is 7.20. The number of hydrogen-bond acceptors (Lipinski definition) is 6. The van der Waals surface area contributed by atoms with Gasteiger partial charge in [0.15, 0.2) is 5.82 Å². The number of aromatic nitrogens is 3. The molecule has 0 bridgehead atoms. The number of amides is 1. The third kappa shape index (κ3) is 4.08. The first-order valence-electron chi connectivity index (χ1n) is 9.60. The largest absolute Gasteiger partial charge is 0.379 e. The Morgan fingerprint density at radius 1 is 1.30 bits per heavy atom. The normalized spacial score (nSPS) is 18.8. The molecule has 2 aliphatic rings. The van der Waals surface area contributed by atoms with Gasteiger partial charge in [0.2, 0.25) is 5.91 Å². The van der Waals surface area contributed by atoms with Crippen LogP contribution in [0.4, 0.5) is 5.82 Å². The molecule has 0 aromatic carbocycles. The van der Waals surface area contributed by atoms with E-state index in [1.165, 1.54) is 0 Å².